The molecule has 0 N–H and O–H groups in total. The number of pyridine rings is 2. The fourth-order valence-corrected chi connectivity index (χ4v) is 9.90. The molecule has 10 aromatic rings. The second-order valence-corrected chi connectivity index (χ2v) is 22.2. The summed E-state index contributed by atoms with van der Waals surface area (Å²) in [7, 11) is -1.40. The van der Waals surface area contributed by atoms with Crippen molar-refractivity contribution < 1.29 is 24.5 Å². The van der Waals surface area contributed by atoms with Crippen LogP contribution >= 0.6 is 0 Å². The maximum Gasteiger partial charge on any atom is 0.121 e. The molecule has 0 unspecified atom stereocenters. The van der Waals surface area contributed by atoms with Crippen LogP contribution in [0.25, 0.3) is 88.6 Å². The summed E-state index contributed by atoms with van der Waals surface area (Å²) in [6.45, 7) is 11.8. The van der Waals surface area contributed by atoms with Crippen LogP contribution in [0.5, 0.6) is 0 Å². The summed E-state index contributed by atoms with van der Waals surface area (Å²) in [6.07, 6.45) is 5.08. The smallest absolute Gasteiger partial charge is 0.121 e. The third-order valence-electron chi connectivity index (χ3n) is 11.3. The van der Waals surface area contributed by atoms with Crippen LogP contribution < -0.4 is 5.19 Å². The van der Waals surface area contributed by atoms with Gasteiger partial charge in [0.25, 0.3) is 0 Å². The Kier molecular flexibility index (Phi) is 12.6. The molecule has 0 saturated carbocycles. The molecule has 3 heterocycles. The Balaban J connectivity index is 0.000000176. The van der Waals surface area contributed by atoms with Gasteiger partial charge in [0.05, 0.1) is 13.7 Å². The van der Waals surface area contributed by atoms with Crippen LogP contribution in [-0.2, 0) is 26.5 Å². The number of nitrogens with zero attached hydrogens (tertiary/aromatic N) is 2. The van der Waals surface area contributed by atoms with E-state index in [1.54, 1.807) is 0 Å². The summed E-state index contributed by atoms with van der Waals surface area (Å²) in [4.78, 5) is 9.49. The van der Waals surface area contributed by atoms with Gasteiger partial charge in [0.2, 0.25) is 0 Å². The molecule has 0 atom stereocenters. The van der Waals surface area contributed by atoms with Crippen LogP contribution in [-0.4, -0.2) is 18.0 Å². The molecule has 0 amide bonds. The molecule has 0 spiro atoms. The van der Waals surface area contributed by atoms with E-state index < -0.39 is 8.07 Å². The Morgan fingerprint density at radius 2 is 1.26 bits per heavy atom. The van der Waals surface area contributed by atoms with E-state index in [0.717, 1.165) is 67.6 Å². The van der Waals surface area contributed by atoms with Crippen molar-refractivity contribution in [1.82, 2.24) is 9.97 Å². The van der Waals surface area contributed by atoms with E-state index >= 15 is 0 Å². The first-order valence-corrected chi connectivity index (χ1v) is 24.6. The zero-order valence-corrected chi connectivity index (χ0v) is 39.1. The van der Waals surface area contributed by atoms with Crippen molar-refractivity contribution in [3.8, 4) is 55.9 Å². The van der Waals surface area contributed by atoms with Crippen LogP contribution in [0.2, 0.25) is 19.6 Å². The van der Waals surface area contributed by atoms with Crippen molar-refractivity contribution in [2.75, 3.05) is 0 Å². The fraction of sp³-hybridized carbons (Fsp3) is 0.123. The van der Waals surface area contributed by atoms with Crippen molar-refractivity contribution in [2.45, 2.75) is 39.9 Å². The van der Waals surface area contributed by atoms with Crippen molar-refractivity contribution in [3.05, 3.63) is 200 Å². The van der Waals surface area contributed by atoms with Gasteiger partial charge in [-0.15, -0.1) is 53.6 Å². The van der Waals surface area contributed by atoms with E-state index in [2.05, 4.69) is 196 Å². The van der Waals surface area contributed by atoms with E-state index in [1.165, 1.54) is 38.2 Å². The van der Waals surface area contributed by atoms with E-state index in [-0.39, 0.29) is 20.1 Å². The molecule has 0 saturated heterocycles. The van der Waals surface area contributed by atoms with Gasteiger partial charge in [0, 0.05) is 37.9 Å². The first-order chi connectivity index (χ1) is 29.7. The van der Waals surface area contributed by atoms with Crippen molar-refractivity contribution in [2.24, 2.45) is 5.92 Å². The van der Waals surface area contributed by atoms with Gasteiger partial charge < -0.3 is 14.4 Å². The topological polar surface area (TPSA) is 38.9 Å². The normalized spacial score (nSPS) is 11.4. The molecule has 62 heavy (non-hydrogen) atoms. The van der Waals surface area contributed by atoms with Gasteiger partial charge in [0.15, 0.2) is 0 Å². The summed E-state index contributed by atoms with van der Waals surface area (Å²) in [5, 5.41) is 6.12. The minimum Gasteiger partial charge on any atom is -0.501 e. The number of benzene rings is 7. The third-order valence-corrected chi connectivity index (χ3v) is 13.3. The van der Waals surface area contributed by atoms with Crippen LogP contribution in [0.15, 0.2) is 187 Å². The molecular formula is C57H48IrN2OSi-2. The number of fused-ring (bicyclic) bond motifs is 4. The molecule has 7 aromatic carbocycles. The van der Waals surface area contributed by atoms with Gasteiger partial charge in [-0.1, -0.05) is 177 Å². The maximum atomic E-state index is 6.49. The van der Waals surface area contributed by atoms with Crippen LogP contribution in [0, 0.1) is 18.1 Å². The molecule has 0 aliphatic rings. The summed E-state index contributed by atoms with van der Waals surface area (Å²) in [5.74, 6) is 0.639. The minimum atomic E-state index is -1.40. The monoisotopic (exact) mass is 997 g/mol. The zero-order chi connectivity index (χ0) is 41.9. The van der Waals surface area contributed by atoms with Gasteiger partial charge in [-0.3, -0.25) is 0 Å². The summed E-state index contributed by atoms with van der Waals surface area (Å²) in [6, 6.07) is 65.8. The Hall–Kier alpha value is -6.23. The predicted octanol–water partition coefficient (Wildman–Crippen LogP) is 14.9. The zero-order valence-electron chi connectivity index (χ0n) is 35.7. The van der Waals surface area contributed by atoms with Gasteiger partial charge in [0.1, 0.15) is 5.58 Å². The summed E-state index contributed by atoms with van der Waals surface area (Å²) < 4.78 is 6.49. The molecule has 0 aliphatic carbocycles. The second kappa shape index (κ2) is 18.4. The quantitative estimate of drug-likeness (QED) is 0.112. The standard InChI is InChI=1S/C33H20NO.C24H28NSi.Ir/c1-2-8-22(9-3-1)24-18-19-34-31(20-24)30-15-7-14-29-28-17-16-25(21-32(28)35-33(29)30)27-13-6-11-23-10-4-5-12-26(23)27;1-18(2)14-22-16-23(25-17-24(22)26(3,4)5)21-13-9-12-20(15-21)19-10-7-6-8-11-19;/h1-14,16-21H;6-12,15-18H,14H2,1-5H3;/q2*-1;. The van der Waals surface area contributed by atoms with E-state index in [0.29, 0.717) is 5.92 Å². The first kappa shape index (κ1) is 42.5. The number of furan rings is 1. The van der Waals surface area contributed by atoms with Crippen LogP contribution in [0.4, 0.5) is 0 Å². The fourth-order valence-electron chi connectivity index (χ4n) is 8.31. The molecule has 10 rings (SSSR count). The van der Waals surface area contributed by atoms with Gasteiger partial charge >= 0.3 is 0 Å². The van der Waals surface area contributed by atoms with Gasteiger partial charge in [-0.2, -0.15) is 0 Å². The Morgan fingerprint density at radius 1 is 0.565 bits per heavy atom. The molecule has 5 heteroatoms. The van der Waals surface area contributed by atoms with Crippen LogP contribution in [0.1, 0.15) is 19.4 Å². The molecular weight excluding hydrogens is 949 g/mol. The molecule has 0 fully saturated rings. The van der Waals surface area contributed by atoms with Crippen molar-refractivity contribution >= 4 is 46.0 Å². The number of hydrogen-bond acceptors (Lipinski definition) is 3. The number of rotatable bonds is 8. The van der Waals surface area contributed by atoms with E-state index in [9.17, 15) is 0 Å². The minimum absolute atomic E-state index is 0. The molecule has 0 bridgehead atoms. The molecule has 3 aromatic heterocycles. The molecule has 307 valence electrons. The average molecular weight is 997 g/mol. The SMILES string of the molecule is CC(C)Cc1cc(-c2[c-]ccc(-c3ccccc3)c2)ncc1[Si](C)(C)C.[Ir].[c-]1ccc2c(oc3cc(-c4cccc5ccccc45)ccc32)c1-c1cc(-c2ccccc2)ccn1. The van der Waals surface area contributed by atoms with Crippen LogP contribution in [0.3, 0.4) is 0 Å². The van der Waals surface area contributed by atoms with Gasteiger partial charge in [-0.25, -0.2) is 0 Å². The Morgan fingerprint density at radius 3 is 2.00 bits per heavy atom. The largest absolute Gasteiger partial charge is 0.501 e. The maximum absolute atomic E-state index is 6.49. The van der Waals surface area contributed by atoms with E-state index in [4.69, 9.17) is 9.40 Å². The summed E-state index contributed by atoms with van der Waals surface area (Å²) in [5.41, 5.74) is 14.0. The Bertz CT molecular complexity index is 3130. The van der Waals surface area contributed by atoms with Gasteiger partial charge in [-0.05, 0) is 79.6 Å². The van der Waals surface area contributed by atoms with E-state index in [1.807, 2.05) is 36.5 Å². The molecule has 3 nitrogen and oxygen atoms in total. The molecule has 1 radical (unpaired) electrons. The molecule has 0 aliphatic heterocycles. The van der Waals surface area contributed by atoms with Crippen molar-refractivity contribution in [1.29, 1.82) is 0 Å². The number of aromatic nitrogens is 2. The Labute approximate surface area is 379 Å². The third kappa shape index (κ3) is 9.03. The number of hydrogen-bond donors (Lipinski definition) is 0. The second-order valence-electron chi connectivity index (χ2n) is 17.2. The van der Waals surface area contributed by atoms with Crippen molar-refractivity contribution in [3.63, 3.8) is 0 Å². The predicted molar refractivity (Wildman–Crippen MR) is 260 cm³/mol. The first-order valence-electron chi connectivity index (χ1n) is 21.1. The average Bonchev–Trinajstić information content (AvgIpc) is 3.67. The summed E-state index contributed by atoms with van der Waals surface area (Å²) >= 11 is 0.